The fourth-order valence-corrected chi connectivity index (χ4v) is 5.38. The molecule has 2 aromatic heterocycles. The van der Waals surface area contributed by atoms with Gasteiger partial charge in [0.1, 0.15) is 12.4 Å². The molecule has 2 unspecified atom stereocenters. The SMILES string of the molecule is O=Cc1cc(OCCN2CCOCC2)ncc1OCC1CCCCC1c1ccnn1C1CCC1. The van der Waals surface area contributed by atoms with Crippen molar-refractivity contribution in [3.8, 4) is 11.6 Å². The van der Waals surface area contributed by atoms with Crippen LogP contribution in [0.25, 0.3) is 0 Å². The highest BCUT2D eigenvalue weighted by atomic mass is 16.5. The third kappa shape index (κ3) is 5.44. The Morgan fingerprint density at radius 2 is 1.94 bits per heavy atom. The van der Waals surface area contributed by atoms with Crippen LogP contribution in [0.2, 0.25) is 0 Å². The van der Waals surface area contributed by atoms with E-state index in [1.165, 1.54) is 44.2 Å². The van der Waals surface area contributed by atoms with Crippen LogP contribution in [0.3, 0.4) is 0 Å². The standard InChI is InChI=1S/C26H36N4O4/c31-18-21-16-26(33-15-12-29-10-13-32-14-11-29)27-17-25(21)34-19-20-4-1-2-7-23(20)24-8-9-28-30(24)22-5-3-6-22/h8-9,16-18,20,22-23H,1-7,10-15,19H2. The monoisotopic (exact) mass is 468 g/mol. The van der Waals surface area contributed by atoms with E-state index in [1.807, 2.05) is 6.20 Å². The molecule has 0 bridgehead atoms. The van der Waals surface area contributed by atoms with Crippen molar-refractivity contribution in [2.24, 2.45) is 5.92 Å². The Morgan fingerprint density at radius 3 is 2.74 bits per heavy atom. The van der Waals surface area contributed by atoms with Gasteiger partial charge in [0, 0.05) is 49.4 Å². The summed E-state index contributed by atoms with van der Waals surface area (Å²) in [6.07, 6.45) is 12.9. The smallest absolute Gasteiger partial charge is 0.214 e. The summed E-state index contributed by atoms with van der Waals surface area (Å²) in [5.74, 6) is 1.86. The Hall–Kier alpha value is -2.45. The lowest BCUT2D eigenvalue weighted by Gasteiger charge is -2.35. The van der Waals surface area contributed by atoms with Gasteiger partial charge in [-0.1, -0.05) is 12.8 Å². The molecule has 2 atom stereocenters. The van der Waals surface area contributed by atoms with Gasteiger partial charge in [-0.3, -0.25) is 14.4 Å². The van der Waals surface area contributed by atoms with E-state index in [1.54, 1.807) is 12.3 Å². The normalized spacial score (nSPS) is 23.9. The fraction of sp³-hybridized carbons (Fsp3) is 0.654. The number of aldehydes is 1. The molecule has 2 aliphatic carbocycles. The minimum Gasteiger partial charge on any atom is -0.491 e. The Bertz CT molecular complexity index is 939. The highest BCUT2D eigenvalue weighted by molar-refractivity contribution is 5.79. The molecule has 5 rings (SSSR count). The zero-order valence-corrected chi connectivity index (χ0v) is 19.9. The number of hydrogen-bond donors (Lipinski definition) is 0. The van der Waals surface area contributed by atoms with Crippen LogP contribution in [-0.4, -0.2) is 72.0 Å². The molecule has 8 nitrogen and oxygen atoms in total. The Kier molecular flexibility index (Phi) is 7.76. The Labute approximate surface area is 201 Å². The molecule has 0 radical (unpaired) electrons. The first-order chi connectivity index (χ1) is 16.8. The second-order valence-corrected chi connectivity index (χ2v) is 9.73. The van der Waals surface area contributed by atoms with Crippen molar-refractivity contribution < 1.29 is 19.0 Å². The number of carbonyl (C=O) groups is 1. The molecule has 2 saturated carbocycles. The van der Waals surface area contributed by atoms with Gasteiger partial charge in [0.05, 0.1) is 37.6 Å². The number of hydrogen-bond acceptors (Lipinski definition) is 7. The first-order valence-electron chi connectivity index (χ1n) is 12.9. The van der Waals surface area contributed by atoms with Crippen LogP contribution >= 0.6 is 0 Å². The van der Waals surface area contributed by atoms with E-state index >= 15 is 0 Å². The van der Waals surface area contributed by atoms with Crippen molar-refractivity contribution in [3.05, 3.63) is 35.8 Å². The summed E-state index contributed by atoms with van der Waals surface area (Å²) in [4.78, 5) is 18.5. The summed E-state index contributed by atoms with van der Waals surface area (Å²) >= 11 is 0. The van der Waals surface area contributed by atoms with Gasteiger partial charge >= 0.3 is 0 Å². The molecule has 0 spiro atoms. The predicted octanol–water partition coefficient (Wildman–Crippen LogP) is 3.88. The van der Waals surface area contributed by atoms with Gasteiger partial charge in [-0.15, -0.1) is 0 Å². The largest absolute Gasteiger partial charge is 0.491 e. The van der Waals surface area contributed by atoms with Gasteiger partial charge in [0.15, 0.2) is 6.29 Å². The Balaban J connectivity index is 1.18. The summed E-state index contributed by atoms with van der Waals surface area (Å²) in [7, 11) is 0. The molecular formula is C26H36N4O4. The van der Waals surface area contributed by atoms with E-state index in [0.717, 1.165) is 45.6 Å². The predicted molar refractivity (Wildman–Crippen MR) is 128 cm³/mol. The minimum absolute atomic E-state index is 0.410. The quantitative estimate of drug-likeness (QED) is 0.490. The maximum absolute atomic E-state index is 11.8. The number of carbonyl (C=O) groups excluding carboxylic acids is 1. The molecule has 0 amide bonds. The molecule has 1 saturated heterocycles. The van der Waals surface area contributed by atoms with E-state index in [-0.39, 0.29) is 0 Å². The molecule has 0 aromatic carbocycles. The van der Waals surface area contributed by atoms with Crippen LogP contribution in [0.5, 0.6) is 11.6 Å². The summed E-state index contributed by atoms with van der Waals surface area (Å²) in [5.41, 5.74) is 1.85. The molecular weight excluding hydrogens is 432 g/mol. The van der Waals surface area contributed by atoms with Crippen LogP contribution in [0.1, 0.15) is 73.0 Å². The highest BCUT2D eigenvalue weighted by Gasteiger charge is 2.32. The van der Waals surface area contributed by atoms with Crippen LogP contribution in [0, 0.1) is 5.92 Å². The number of ether oxygens (including phenoxy) is 3. The van der Waals surface area contributed by atoms with Gasteiger partial charge < -0.3 is 14.2 Å². The Morgan fingerprint density at radius 1 is 1.09 bits per heavy atom. The zero-order chi connectivity index (χ0) is 23.2. The number of nitrogens with zero attached hydrogens (tertiary/aromatic N) is 4. The van der Waals surface area contributed by atoms with Gasteiger partial charge in [0.2, 0.25) is 5.88 Å². The zero-order valence-electron chi connectivity index (χ0n) is 19.9. The van der Waals surface area contributed by atoms with Crippen LogP contribution in [0.15, 0.2) is 24.5 Å². The maximum atomic E-state index is 11.8. The van der Waals surface area contributed by atoms with Crippen molar-refractivity contribution in [1.29, 1.82) is 0 Å². The third-order valence-electron chi connectivity index (χ3n) is 7.62. The van der Waals surface area contributed by atoms with Gasteiger partial charge in [-0.25, -0.2) is 4.98 Å². The van der Waals surface area contributed by atoms with E-state index in [2.05, 4.69) is 25.7 Å². The summed E-state index contributed by atoms with van der Waals surface area (Å²) in [6, 6.07) is 4.45. The van der Waals surface area contributed by atoms with E-state index < -0.39 is 0 Å². The van der Waals surface area contributed by atoms with Crippen molar-refractivity contribution in [2.45, 2.75) is 56.9 Å². The van der Waals surface area contributed by atoms with Gasteiger partial charge in [-0.05, 0) is 38.2 Å². The first-order valence-corrected chi connectivity index (χ1v) is 12.9. The lowest BCUT2D eigenvalue weighted by Crippen LogP contribution is -2.38. The van der Waals surface area contributed by atoms with Gasteiger partial charge in [0.25, 0.3) is 0 Å². The lowest BCUT2D eigenvalue weighted by molar-refractivity contribution is 0.0320. The highest BCUT2D eigenvalue weighted by Crippen LogP contribution is 2.41. The fourth-order valence-electron chi connectivity index (χ4n) is 5.38. The molecule has 3 heterocycles. The number of morpholine rings is 1. The number of pyridine rings is 1. The number of aromatic nitrogens is 3. The second-order valence-electron chi connectivity index (χ2n) is 9.73. The topological polar surface area (TPSA) is 78.7 Å². The molecule has 8 heteroatoms. The average molecular weight is 469 g/mol. The van der Waals surface area contributed by atoms with Crippen molar-refractivity contribution in [2.75, 3.05) is 46.1 Å². The molecule has 2 aromatic rings. The molecule has 3 fully saturated rings. The van der Waals surface area contributed by atoms with Crippen molar-refractivity contribution in [3.63, 3.8) is 0 Å². The third-order valence-corrected chi connectivity index (χ3v) is 7.62. The number of rotatable bonds is 10. The average Bonchev–Trinajstić information content (AvgIpc) is 3.31. The maximum Gasteiger partial charge on any atom is 0.214 e. The van der Waals surface area contributed by atoms with Crippen LogP contribution in [-0.2, 0) is 4.74 Å². The van der Waals surface area contributed by atoms with Crippen LogP contribution < -0.4 is 9.47 Å². The van der Waals surface area contributed by atoms with Crippen molar-refractivity contribution >= 4 is 6.29 Å². The molecule has 1 aliphatic heterocycles. The van der Waals surface area contributed by atoms with Crippen LogP contribution in [0.4, 0.5) is 0 Å². The molecule has 184 valence electrons. The lowest BCUT2D eigenvalue weighted by atomic mass is 9.77. The van der Waals surface area contributed by atoms with E-state index in [4.69, 9.17) is 14.2 Å². The van der Waals surface area contributed by atoms with Gasteiger partial charge in [-0.2, -0.15) is 5.10 Å². The summed E-state index contributed by atoms with van der Waals surface area (Å²) in [5, 5.41) is 4.65. The molecule has 34 heavy (non-hydrogen) atoms. The van der Waals surface area contributed by atoms with E-state index in [9.17, 15) is 4.79 Å². The first kappa shape index (κ1) is 23.3. The minimum atomic E-state index is 0.410. The second kappa shape index (κ2) is 11.3. The van der Waals surface area contributed by atoms with E-state index in [0.29, 0.717) is 48.3 Å². The summed E-state index contributed by atoms with van der Waals surface area (Å²) in [6.45, 7) is 5.32. The molecule has 3 aliphatic rings. The summed E-state index contributed by atoms with van der Waals surface area (Å²) < 4.78 is 19.6. The molecule has 0 N–H and O–H groups in total. The van der Waals surface area contributed by atoms with Crippen molar-refractivity contribution in [1.82, 2.24) is 19.7 Å².